The maximum absolute atomic E-state index is 12.1. The van der Waals surface area contributed by atoms with Crippen LogP contribution in [0, 0.1) is 13.8 Å². The molecule has 0 saturated carbocycles. The zero-order chi connectivity index (χ0) is 18.3. The fourth-order valence-electron chi connectivity index (χ4n) is 2.88. The Labute approximate surface area is 149 Å². The first-order valence-corrected chi connectivity index (χ1v) is 8.07. The number of rotatable bonds is 3. The van der Waals surface area contributed by atoms with E-state index in [2.05, 4.69) is 10.3 Å². The second-order valence-electron chi connectivity index (χ2n) is 6.11. The molecule has 0 fully saturated rings. The zero-order valence-corrected chi connectivity index (χ0v) is 14.2. The summed E-state index contributed by atoms with van der Waals surface area (Å²) in [5.41, 5.74) is 4.35. The molecule has 2 N–H and O–H groups in total. The maximum atomic E-state index is 12.1. The van der Waals surface area contributed by atoms with Gasteiger partial charge in [-0.1, -0.05) is 6.07 Å². The van der Waals surface area contributed by atoms with E-state index in [9.17, 15) is 9.90 Å². The van der Waals surface area contributed by atoms with E-state index in [0.717, 1.165) is 16.6 Å². The van der Waals surface area contributed by atoms with E-state index in [1.54, 1.807) is 24.3 Å². The van der Waals surface area contributed by atoms with Gasteiger partial charge in [-0.15, -0.1) is 0 Å². The summed E-state index contributed by atoms with van der Waals surface area (Å²) < 4.78 is 10.9. The van der Waals surface area contributed by atoms with Crippen molar-refractivity contribution in [2.75, 3.05) is 5.32 Å². The van der Waals surface area contributed by atoms with E-state index >= 15 is 0 Å². The number of oxazole rings is 1. The van der Waals surface area contributed by atoms with Crippen molar-refractivity contribution < 1.29 is 18.7 Å². The lowest BCUT2D eigenvalue weighted by molar-refractivity contribution is 0.0996. The summed E-state index contributed by atoms with van der Waals surface area (Å²) >= 11 is 0. The van der Waals surface area contributed by atoms with Crippen molar-refractivity contribution in [3.8, 4) is 17.2 Å². The molecule has 0 aliphatic carbocycles. The monoisotopic (exact) mass is 348 g/mol. The SMILES string of the molecule is Cc1cc(C)c2oc(-c3cc(NC(=O)c4ccco4)ccc3O)nc2c1. The number of aromatic nitrogens is 1. The van der Waals surface area contributed by atoms with Crippen LogP contribution in [0.1, 0.15) is 21.7 Å². The summed E-state index contributed by atoms with van der Waals surface area (Å²) in [6.07, 6.45) is 1.43. The minimum Gasteiger partial charge on any atom is -0.507 e. The third-order valence-electron chi connectivity index (χ3n) is 4.05. The molecule has 2 aromatic heterocycles. The van der Waals surface area contributed by atoms with Gasteiger partial charge in [-0.25, -0.2) is 4.98 Å². The van der Waals surface area contributed by atoms with Crippen LogP contribution in [-0.2, 0) is 0 Å². The lowest BCUT2D eigenvalue weighted by atomic mass is 10.1. The Balaban J connectivity index is 1.72. The topological polar surface area (TPSA) is 88.5 Å². The molecule has 26 heavy (non-hydrogen) atoms. The number of phenols is 1. The average Bonchev–Trinajstić information content (AvgIpc) is 3.26. The van der Waals surface area contributed by atoms with Crippen LogP contribution in [0.2, 0.25) is 0 Å². The molecule has 4 rings (SSSR count). The highest BCUT2D eigenvalue weighted by Gasteiger charge is 2.16. The number of hydrogen-bond acceptors (Lipinski definition) is 5. The van der Waals surface area contributed by atoms with Crippen molar-refractivity contribution >= 4 is 22.7 Å². The molecule has 6 nitrogen and oxygen atoms in total. The molecule has 0 unspecified atom stereocenters. The van der Waals surface area contributed by atoms with Gasteiger partial charge in [-0.2, -0.15) is 0 Å². The van der Waals surface area contributed by atoms with Crippen LogP contribution in [0.15, 0.2) is 57.6 Å². The van der Waals surface area contributed by atoms with Crippen molar-refractivity contribution in [3.05, 3.63) is 65.6 Å². The van der Waals surface area contributed by atoms with Gasteiger partial charge >= 0.3 is 0 Å². The van der Waals surface area contributed by atoms with Crippen LogP contribution in [0.25, 0.3) is 22.6 Å². The summed E-state index contributed by atoms with van der Waals surface area (Å²) in [6.45, 7) is 3.94. The molecule has 0 aliphatic heterocycles. The number of phenolic OH excluding ortho intramolecular Hbond substituents is 1. The van der Waals surface area contributed by atoms with Crippen molar-refractivity contribution in [2.45, 2.75) is 13.8 Å². The number of fused-ring (bicyclic) bond motifs is 1. The molecule has 0 atom stereocenters. The van der Waals surface area contributed by atoms with Crippen molar-refractivity contribution in [2.24, 2.45) is 0 Å². The average molecular weight is 348 g/mol. The molecular formula is C20H16N2O4. The number of carbonyl (C=O) groups excluding carboxylic acids is 1. The Kier molecular flexibility index (Phi) is 3.73. The first-order chi connectivity index (χ1) is 12.5. The third-order valence-corrected chi connectivity index (χ3v) is 4.05. The number of carbonyl (C=O) groups is 1. The van der Waals surface area contributed by atoms with E-state index < -0.39 is 0 Å². The molecule has 0 aliphatic rings. The highest BCUT2D eigenvalue weighted by Crippen LogP contribution is 2.34. The van der Waals surface area contributed by atoms with Crippen LogP contribution < -0.4 is 5.32 Å². The van der Waals surface area contributed by atoms with Crippen molar-refractivity contribution in [1.29, 1.82) is 0 Å². The standard InChI is InChI=1S/C20H16N2O4/c1-11-8-12(2)18-15(9-11)22-20(26-18)14-10-13(5-6-16(14)23)21-19(24)17-4-3-7-25-17/h3-10,23H,1-2H3,(H,21,24). The number of nitrogens with one attached hydrogen (secondary N) is 1. The first-order valence-electron chi connectivity index (χ1n) is 8.07. The van der Waals surface area contributed by atoms with E-state index in [1.807, 2.05) is 26.0 Å². The van der Waals surface area contributed by atoms with Gasteiger partial charge in [0.05, 0.1) is 11.8 Å². The van der Waals surface area contributed by atoms with E-state index in [1.165, 1.54) is 12.3 Å². The van der Waals surface area contributed by atoms with Crippen LogP contribution >= 0.6 is 0 Å². The Morgan fingerprint density at radius 1 is 1.15 bits per heavy atom. The lowest BCUT2D eigenvalue weighted by Gasteiger charge is -2.06. The molecular weight excluding hydrogens is 332 g/mol. The highest BCUT2D eigenvalue weighted by atomic mass is 16.4. The smallest absolute Gasteiger partial charge is 0.291 e. The van der Waals surface area contributed by atoms with Crippen LogP contribution in [0.5, 0.6) is 5.75 Å². The second kappa shape index (κ2) is 6.07. The van der Waals surface area contributed by atoms with Gasteiger partial charge in [-0.3, -0.25) is 4.79 Å². The summed E-state index contributed by atoms with van der Waals surface area (Å²) in [7, 11) is 0. The highest BCUT2D eigenvalue weighted by molar-refractivity contribution is 6.02. The first kappa shape index (κ1) is 16.0. The normalized spacial score (nSPS) is 11.0. The molecule has 2 heterocycles. The molecule has 130 valence electrons. The second-order valence-corrected chi connectivity index (χ2v) is 6.11. The van der Waals surface area contributed by atoms with Gasteiger partial charge in [-0.05, 0) is 61.4 Å². The van der Waals surface area contributed by atoms with Crippen molar-refractivity contribution in [3.63, 3.8) is 0 Å². The van der Waals surface area contributed by atoms with Gasteiger partial charge in [0, 0.05) is 5.69 Å². The van der Waals surface area contributed by atoms with E-state index in [0.29, 0.717) is 22.7 Å². The lowest BCUT2D eigenvalue weighted by Crippen LogP contribution is -2.10. The number of aryl methyl sites for hydroxylation is 2. The van der Waals surface area contributed by atoms with Crippen LogP contribution in [0.3, 0.4) is 0 Å². The number of nitrogens with zero attached hydrogens (tertiary/aromatic N) is 1. The van der Waals surface area contributed by atoms with Crippen LogP contribution in [-0.4, -0.2) is 16.0 Å². The molecule has 0 spiro atoms. The largest absolute Gasteiger partial charge is 0.507 e. The molecule has 4 aromatic rings. The summed E-state index contributed by atoms with van der Waals surface area (Å²) in [6, 6.07) is 11.8. The molecule has 0 radical (unpaired) electrons. The Hall–Kier alpha value is -3.54. The number of hydrogen-bond donors (Lipinski definition) is 2. The Morgan fingerprint density at radius 3 is 2.77 bits per heavy atom. The van der Waals surface area contributed by atoms with Gasteiger partial charge in [0.25, 0.3) is 5.91 Å². The number of aromatic hydroxyl groups is 1. The minimum absolute atomic E-state index is 0.0157. The Morgan fingerprint density at radius 2 is 2.00 bits per heavy atom. The number of furan rings is 1. The third kappa shape index (κ3) is 2.82. The molecule has 6 heteroatoms. The molecule has 2 aromatic carbocycles. The van der Waals surface area contributed by atoms with Crippen LogP contribution in [0.4, 0.5) is 5.69 Å². The Bertz CT molecular complexity index is 1110. The fourth-order valence-corrected chi connectivity index (χ4v) is 2.88. The molecule has 0 saturated heterocycles. The fraction of sp³-hybridized carbons (Fsp3) is 0.100. The number of benzene rings is 2. The molecule has 1 amide bonds. The summed E-state index contributed by atoms with van der Waals surface area (Å²) in [5, 5.41) is 12.9. The predicted octanol–water partition coefficient (Wildman–Crippen LogP) is 4.66. The van der Waals surface area contributed by atoms with Gasteiger partial charge in [0.1, 0.15) is 11.3 Å². The quantitative estimate of drug-likeness (QED) is 0.526. The molecule has 0 bridgehead atoms. The maximum Gasteiger partial charge on any atom is 0.291 e. The van der Waals surface area contributed by atoms with Gasteiger partial charge in [0.2, 0.25) is 5.89 Å². The number of anilines is 1. The summed E-state index contributed by atoms with van der Waals surface area (Å²) in [5.74, 6) is 0.130. The number of amides is 1. The zero-order valence-electron chi connectivity index (χ0n) is 14.2. The minimum atomic E-state index is -0.379. The summed E-state index contributed by atoms with van der Waals surface area (Å²) in [4.78, 5) is 16.6. The predicted molar refractivity (Wildman–Crippen MR) is 97.2 cm³/mol. The van der Waals surface area contributed by atoms with Crippen molar-refractivity contribution in [1.82, 2.24) is 4.98 Å². The van der Waals surface area contributed by atoms with Gasteiger partial charge < -0.3 is 19.3 Å². The van der Waals surface area contributed by atoms with Gasteiger partial charge in [0.15, 0.2) is 11.3 Å². The van der Waals surface area contributed by atoms with E-state index in [4.69, 9.17) is 8.83 Å². The van der Waals surface area contributed by atoms with E-state index in [-0.39, 0.29) is 17.4 Å².